The van der Waals surface area contributed by atoms with Crippen LogP contribution in [0, 0.1) is 5.82 Å². The molecule has 0 aliphatic rings. The van der Waals surface area contributed by atoms with Crippen molar-refractivity contribution < 1.29 is 9.13 Å². The van der Waals surface area contributed by atoms with Crippen LogP contribution in [0.4, 0.5) is 4.39 Å². The maximum Gasteiger partial charge on any atom is 0.128 e. The molecule has 0 fully saturated rings. The highest BCUT2D eigenvalue weighted by Gasteiger charge is 1.98. The fourth-order valence-corrected chi connectivity index (χ4v) is 0.953. The van der Waals surface area contributed by atoms with Crippen molar-refractivity contribution in [3.8, 4) is 0 Å². The van der Waals surface area contributed by atoms with E-state index >= 15 is 0 Å². The van der Waals surface area contributed by atoms with Crippen LogP contribution in [0.25, 0.3) is 5.32 Å². The molecule has 72 valence electrons. The Morgan fingerprint density at radius 3 is 2.85 bits per heavy atom. The Bertz CT molecular complexity index is 252. The van der Waals surface area contributed by atoms with E-state index in [9.17, 15) is 4.39 Å². The number of nitrogens with zero attached hydrogens (tertiary/aromatic N) is 1. The van der Waals surface area contributed by atoms with Crippen LogP contribution in [-0.4, -0.2) is 20.2 Å². The summed E-state index contributed by atoms with van der Waals surface area (Å²) in [7, 11) is 1.73. The molecule has 0 heterocycles. The van der Waals surface area contributed by atoms with Crippen molar-refractivity contribution in [2.24, 2.45) is 0 Å². The van der Waals surface area contributed by atoms with Gasteiger partial charge in [0.05, 0.1) is 6.61 Å². The molecule has 0 saturated carbocycles. The van der Waals surface area contributed by atoms with Gasteiger partial charge in [-0.1, -0.05) is 18.2 Å². The van der Waals surface area contributed by atoms with E-state index in [0.29, 0.717) is 25.3 Å². The normalized spacial score (nSPS) is 10.3. The first-order valence-electron chi connectivity index (χ1n) is 4.21. The third-order valence-electron chi connectivity index (χ3n) is 1.67. The minimum absolute atomic E-state index is 0.212. The molecule has 1 rings (SSSR count). The third-order valence-corrected chi connectivity index (χ3v) is 1.67. The molecule has 0 saturated heterocycles. The first-order valence-corrected chi connectivity index (χ1v) is 4.21. The molecule has 0 radical (unpaired) electrons. The Kier molecular flexibility index (Phi) is 4.43. The molecular formula is C10H13FNO-. The molecule has 0 aromatic heterocycles. The van der Waals surface area contributed by atoms with Gasteiger partial charge in [-0.3, -0.25) is 0 Å². The number of halogens is 1. The van der Waals surface area contributed by atoms with E-state index in [1.165, 1.54) is 6.07 Å². The summed E-state index contributed by atoms with van der Waals surface area (Å²) in [6.07, 6.45) is 0. The largest absolute Gasteiger partial charge is 0.663 e. The summed E-state index contributed by atoms with van der Waals surface area (Å²) < 4.78 is 18.2. The van der Waals surface area contributed by atoms with Crippen LogP contribution in [0.5, 0.6) is 0 Å². The summed E-state index contributed by atoms with van der Waals surface area (Å²) in [5, 5.41) is 3.87. The zero-order valence-corrected chi connectivity index (χ0v) is 7.66. The minimum Gasteiger partial charge on any atom is -0.663 e. The van der Waals surface area contributed by atoms with E-state index in [4.69, 9.17) is 4.74 Å². The maximum atomic E-state index is 13.0. The summed E-state index contributed by atoms with van der Waals surface area (Å²) in [6.45, 7) is 1.53. The first kappa shape index (κ1) is 10.2. The van der Waals surface area contributed by atoms with Gasteiger partial charge in [0.1, 0.15) is 5.82 Å². The van der Waals surface area contributed by atoms with Gasteiger partial charge in [0.25, 0.3) is 0 Å². The Morgan fingerprint density at radius 1 is 1.38 bits per heavy atom. The standard InChI is InChI=1S/C10H13FNO/c1-12-6-7-13-8-9-4-2-3-5-10(9)11/h2-5H,6-8H2,1H3/q-1. The maximum absolute atomic E-state index is 13.0. The average Bonchev–Trinajstić information content (AvgIpc) is 2.15. The van der Waals surface area contributed by atoms with Gasteiger partial charge in [-0.2, -0.15) is 7.05 Å². The van der Waals surface area contributed by atoms with Gasteiger partial charge in [-0.05, 0) is 6.07 Å². The molecular weight excluding hydrogens is 169 g/mol. The quantitative estimate of drug-likeness (QED) is 0.641. The predicted octanol–water partition coefficient (Wildman–Crippen LogP) is 2.35. The Labute approximate surface area is 77.7 Å². The number of likely N-dealkylation sites (N-methyl/N-ethyl adjacent to an activating group) is 1. The number of benzene rings is 1. The summed E-state index contributed by atoms with van der Waals surface area (Å²) in [5.74, 6) is -0.212. The highest BCUT2D eigenvalue weighted by atomic mass is 19.1. The van der Waals surface area contributed by atoms with Gasteiger partial charge in [0, 0.05) is 12.2 Å². The topological polar surface area (TPSA) is 23.3 Å². The van der Waals surface area contributed by atoms with Crippen molar-refractivity contribution in [1.82, 2.24) is 0 Å². The Balaban J connectivity index is 2.32. The van der Waals surface area contributed by atoms with Crippen molar-refractivity contribution in [2.75, 3.05) is 20.2 Å². The smallest absolute Gasteiger partial charge is 0.128 e. The second kappa shape index (κ2) is 5.67. The molecule has 0 N–H and O–H groups in total. The van der Waals surface area contributed by atoms with Crippen molar-refractivity contribution in [3.05, 3.63) is 41.0 Å². The number of hydrogen-bond donors (Lipinski definition) is 0. The second-order valence-electron chi connectivity index (χ2n) is 2.68. The minimum atomic E-state index is -0.212. The van der Waals surface area contributed by atoms with Crippen LogP contribution in [0.3, 0.4) is 0 Å². The van der Waals surface area contributed by atoms with Crippen LogP contribution >= 0.6 is 0 Å². The summed E-state index contributed by atoms with van der Waals surface area (Å²) in [6, 6.07) is 6.62. The molecule has 2 nitrogen and oxygen atoms in total. The van der Waals surface area contributed by atoms with Gasteiger partial charge in [0.15, 0.2) is 0 Å². The van der Waals surface area contributed by atoms with Crippen molar-refractivity contribution in [3.63, 3.8) is 0 Å². The van der Waals surface area contributed by atoms with Crippen molar-refractivity contribution in [1.29, 1.82) is 0 Å². The predicted molar refractivity (Wildman–Crippen MR) is 50.2 cm³/mol. The van der Waals surface area contributed by atoms with E-state index in [1.807, 2.05) is 0 Å². The number of hydrogen-bond acceptors (Lipinski definition) is 1. The summed E-state index contributed by atoms with van der Waals surface area (Å²) in [5.41, 5.74) is 0.596. The van der Waals surface area contributed by atoms with Crippen LogP contribution in [0.1, 0.15) is 5.56 Å². The lowest BCUT2D eigenvalue weighted by Gasteiger charge is -2.11. The summed E-state index contributed by atoms with van der Waals surface area (Å²) in [4.78, 5) is 0. The molecule has 0 unspecified atom stereocenters. The molecule has 3 heteroatoms. The first-order chi connectivity index (χ1) is 6.34. The van der Waals surface area contributed by atoms with Gasteiger partial charge in [-0.25, -0.2) is 4.39 Å². The van der Waals surface area contributed by atoms with E-state index in [0.717, 1.165) is 0 Å². The van der Waals surface area contributed by atoms with E-state index in [-0.39, 0.29) is 5.82 Å². The molecule has 13 heavy (non-hydrogen) atoms. The lowest BCUT2D eigenvalue weighted by atomic mass is 10.2. The lowest BCUT2D eigenvalue weighted by molar-refractivity contribution is 0.129. The van der Waals surface area contributed by atoms with Gasteiger partial charge in [-0.15, -0.1) is 6.54 Å². The number of ether oxygens (including phenoxy) is 1. The van der Waals surface area contributed by atoms with Gasteiger partial charge >= 0.3 is 0 Å². The highest BCUT2D eigenvalue weighted by Crippen LogP contribution is 2.07. The van der Waals surface area contributed by atoms with Crippen LogP contribution in [-0.2, 0) is 11.3 Å². The molecule has 1 aromatic carbocycles. The van der Waals surface area contributed by atoms with Crippen molar-refractivity contribution in [2.45, 2.75) is 6.61 Å². The van der Waals surface area contributed by atoms with Crippen LogP contribution in [0.15, 0.2) is 24.3 Å². The van der Waals surface area contributed by atoms with Gasteiger partial charge < -0.3 is 10.1 Å². The molecule has 1 aromatic rings. The van der Waals surface area contributed by atoms with E-state index in [1.54, 1.807) is 25.2 Å². The van der Waals surface area contributed by atoms with E-state index in [2.05, 4.69) is 5.32 Å². The monoisotopic (exact) mass is 182 g/mol. The Morgan fingerprint density at radius 2 is 2.15 bits per heavy atom. The molecule has 0 aliphatic heterocycles. The number of rotatable bonds is 5. The molecule has 0 spiro atoms. The fraction of sp³-hybridized carbons (Fsp3) is 0.400. The second-order valence-corrected chi connectivity index (χ2v) is 2.68. The third kappa shape index (κ3) is 3.53. The zero-order valence-electron chi connectivity index (χ0n) is 7.66. The Hall–Kier alpha value is -0.930. The molecule has 0 amide bonds. The SMILES string of the molecule is C[N-]CCOCc1ccccc1F. The van der Waals surface area contributed by atoms with E-state index < -0.39 is 0 Å². The van der Waals surface area contributed by atoms with Crippen molar-refractivity contribution >= 4 is 0 Å². The lowest BCUT2D eigenvalue weighted by Crippen LogP contribution is -2.00. The fourth-order valence-electron chi connectivity index (χ4n) is 0.953. The van der Waals surface area contributed by atoms with Gasteiger partial charge in [0.2, 0.25) is 0 Å². The molecule has 0 bridgehead atoms. The summed E-state index contributed by atoms with van der Waals surface area (Å²) >= 11 is 0. The highest BCUT2D eigenvalue weighted by molar-refractivity contribution is 5.16. The average molecular weight is 182 g/mol. The zero-order chi connectivity index (χ0) is 9.52. The van der Waals surface area contributed by atoms with Crippen LogP contribution < -0.4 is 0 Å². The molecule has 0 atom stereocenters. The van der Waals surface area contributed by atoms with Crippen LogP contribution in [0.2, 0.25) is 0 Å². The molecule has 0 aliphatic carbocycles.